The molecule has 0 N–H and O–H groups in total. The van der Waals surface area contributed by atoms with E-state index in [1.807, 2.05) is 17.5 Å². The Bertz CT molecular complexity index is 502. The fraction of sp³-hybridized carbons (Fsp3) is 0.455. The van der Waals surface area contributed by atoms with Crippen LogP contribution < -0.4 is 4.90 Å². The fourth-order valence-corrected chi connectivity index (χ4v) is 2.04. The highest BCUT2D eigenvalue weighted by molar-refractivity contribution is 5.50. The highest BCUT2D eigenvalue weighted by Crippen LogP contribution is 2.17. The highest BCUT2D eigenvalue weighted by atomic mass is 16.5. The molecular weight excluding hydrogens is 204 g/mol. The zero-order valence-electron chi connectivity index (χ0n) is 9.26. The van der Waals surface area contributed by atoms with Gasteiger partial charge >= 0.3 is 0 Å². The Kier molecular flexibility index (Phi) is 2.25. The molecule has 0 aliphatic carbocycles. The molecule has 0 spiro atoms. The maximum atomic E-state index is 5.36. The Morgan fingerprint density at radius 3 is 2.94 bits per heavy atom. The summed E-state index contributed by atoms with van der Waals surface area (Å²) in [4.78, 5) is 6.72. The average Bonchev–Trinajstić information content (AvgIpc) is 2.77. The van der Waals surface area contributed by atoms with E-state index in [1.165, 1.54) is 0 Å². The third kappa shape index (κ3) is 1.53. The number of rotatable bonds is 1. The van der Waals surface area contributed by atoms with Crippen molar-refractivity contribution >= 4 is 11.5 Å². The van der Waals surface area contributed by atoms with Gasteiger partial charge in [-0.15, -0.1) is 0 Å². The molecule has 2 aromatic rings. The summed E-state index contributed by atoms with van der Waals surface area (Å²) in [5.74, 6) is 1.11. The highest BCUT2D eigenvalue weighted by Gasteiger charge is 2.15. The number of ether oxygens (including phenoxy) is 1. The van der Waals surface area contributed by atoms with E-state index >= 15 is 0 Å². The molecule has 2 aromatic heterocycles. The predicted octanol–water partition coefficient (Wildman–Crippen LogP) is 0.874. The smallest absolute Gasteiger partial charge is 0.157 e. The average molecular weight is 218 g/mol. The van der Waals surface area contributed by atoms with Gasteiger partial charge in [-0.3, -0.25) is 0 Å². The number of morpholine rings is 1. The number of hydrogen-bond acceptors (Lipinski definition) is 4. The fourth-order valence-electron chi connectivity index (χ4n) is 2.04. The first-order chi connectivity index (χ1) is 7.84. The Morgan fingerprint density at radius 2 is 2.12 bits per heavy atom. The minimum absolute atomic E-state index is 0.782. The number of hydrogen-bond donors (Lipinski definition) is 0. The monoisotopic (exact) mass is 218 g/mol. The van der Waals surface area contributed by atoms with E-state index in [9.17, 15) is 0 Å². The van der Waals surface area contributed by atoms with Gasteiger partial charge in [0.1, 0.15) is 5.82 Å². The number of aryl methyl sites for hydroxylation is 1. The molecule has 1 saturated heterocycles. The van der Waals surface area contributed by atoms with Gasteiger partial charge in [-0.25, -0.2) is 4.98 Å². The number of aromatic nitrogens is 3. The zero-order valence-corrected chi connectivity index (χ0v) is 9.26. The molecule has 3 rings (SSSR count). The van der Waals surface area contributed by atoms with Gasteiger partial charge in [0, 0.05) is 30.9 Å². The van der Waals surface area contributed by atoms with Crippen molar-refractivity contribution in [3.8, 4) is 0 Å². The van der Waals surface area contributed by atoms with Crippen LogP contribution in [0.2, 0.25) is 0 Å². The molecule has 1 aliphatic rings. The summed E-state index contributed by atoms with van der Waals surface area (Å²) in [6.45, 7) is 5.40. The third-order valence-electron chi connectivity index (χ3n) is 2.80. The van der Waals surface area contributed by atoms with Gasteiger partial charge in [0.05, 0.1) is 19.4 Å². The Balaban J connectivity index is 2.09. The van der Waals surface area contributed by atoms with Gasteiger partial charge in [0.25, 0.3) is 0 Å². The summed E-state index contributed by atoms with van der Waals surface area (Å²) in [6, 6.07) is 4.00. The van der Waals surface area contributed by atoms with E-state index in [1.54, 1.807) is 6.20 Å². The lowest BCUT2D eigenvalue weighted by molar-refractivity contribution is 0.122. The van der Waals surface area contributed by atoms with Crippen molar-refractivity contribution in [1.29, 1.82) is 0 Å². The maximum absolute atomic E-state index is 5.36. The van der Waals surface area contributed by atoms with E-state index in [2.05, 4.69) is 21.0 Å². The number of fused-ring (bicyclic) bond motifs is 1. The Labute approximate surface area is 93.6 Å². The number of anilines is 1. The van der Waals surface area contributed by atoms with Gasteiger partial charge < -0.3 is 9.64 Å². The Morgan fingerprint density at radius 1 is 1.31 bits per heavy atom. The van der Waals surface area contributed by atoms with Gasteiger partial charge in [0.2, 0.25) is 0 Å². The molecule has 84 valence electrons. The summed E-state index contributed by atoms with van der Waals surface area (Å²) in [6.07, 6.45) is 1.78. The van der Waals surface area contributed by atoms with Crippen molar-refractivity contribution < 1.29 is 4.74 Å². The molecule has 0 aromatic carbocycles. The van der Waals surface area contributed by atoms with E-state index in [-0.39, 0.29) is 0 Å². The van der Waals surface area contributed by atoms with Crippen LogP contribution in [0.4, 0.5) is 5.82 Å². The first-order valence-corrected chi connectivity index (χ1v) is 5.49. The largest absolute Gasteiger partial charge is 0.378 e. The van der Waals surface area contributed by atoms with Crippen molar-refractivity contribution in [2.75, 3.05) is 31.2 Å². The minimum atomic E-state index is 0.782. The number of nitrogens with zero attached hydrogens (tertiary/aromatic N) is 4. The summed E-state index contributed by atoms with van der Waals surface area (Å²) in [5.41, 5.74) is 1.93. The molecule has 0 atom stereocenters. The molecule has 16 heavy (non-hydrogen) atoms. The van der Waals surface area contributed by atoms with Gasteiger partial charge in [-0.1, -0.05) is 0 Å². The zero-order chi connectivity index (χ0) is 11.0. The first-order valence-electron chi connectivity index (χ1n) is 5.49. The molecule has 0 amide bonds. The lowest BCUT2D eigenvalue weighted by Crippen LogP contribution is -2.37. The van der Waals surface area contributed by atoms with Crippen molar-refractivity contribution in [3.05, 3.63) is 24.0 Å². The second-order valence-corrected chi connectivity index (χ2v) is 3.96. The van der Waals surface area contributed by atoms with Crippen LogP contribution in [0.3, 0.4) is 0 Å². The third-order valence-corrected chi connectivity index (χ3v) is 2.80. The Hall–Kier alpha value is -1.62. The van der Waals surface area contributed by atoms with E-state index in [0.29, 0.717) is 0 Å². The minimum Gasteiger partial charge on any atom is -0.378 e. The lowest BCUT2D eigenvalue weighted by atomic mass is 10.3. The van der Waals surface area contributed by atoms with Crippen LogP contribution in [-0.4, -0.2) is 40.9 Å². The van der Waals surface area contributed by atoms with Gasteiger partial charge in [-0.05, 0) is 6.92 Å². The molecule has 5 nitrogen and oxygen atoms in total. The van der Waals surface area contributed by atoms with Crippen LogP contribution in [0.15, 0.2) is 18.3 Å². The standard InChI is InChI=1S/C11H14N4O/c1-9-8-11(14-4-6-16-7-5-14)15-10(13-9)2-3-12-15/h2-3,8H,4-7H2,1H3. The second-order valence-electron chi connectivity index (χ2n) is 3.96. The summed E-state index contributed by atoms with van der Waals surface area (Å²) < 4.78 is 7.25. The maximum Gasteiger partial charge on any atom is 0.157 e. The lowest BCUT2D eigenvalue weighted by Gasteiger charge is -2.28. The van der Waals surface area contributed by atoms with Crippen molar-refractivity contribution in [1.82, 2.24) is 14.6 Å². The molecule has 5 heteroatoms. The predicted molar refractivity (Wildman–Crippen MR) is 60.8 cm³/mol. The normalized spacial score (nSPS) is 16.9. The van der Waals surface area contributed by atoms with Crippen LogP contribution in [-0.2, 0) is 4.74 Å². The van der Waals surface area contributed by atoms with Crippen LogP contribution in [0.25, 0.3) is 5.65 Å². The first kappa shape index (κ1) is 9.59. The van der Waals surface area contributed by atoms with Crippen molar-refractivity contribution in [3.63, 3.8) is 0 Å². The van der Waals surface area contributed by atoms with Crippen LogP contribution >= 0.6 is 0 Å². The molecule has 0 unspecified atom stereocenters. The van der Waals surface area contributed by atoms with Crippen LogP contribution in [0, 0.1) is 6.92 Å². The molecule has 1 fully saturated rings. The summed E-state index contributed by atoms with van der Waals surface area (Å²) in [5, 5.41) is 4.31. The summed E-state index contributed by atoms with van der Waals surface area (Å²) >= 11 is 0. The van der Waals surface area contributed by atoms with E-state index in [4.69, 9.17) is 4.74 Å². The summed E-state index contributed by atoms with van der Waals surface area (Å²) in [7, 11) is 0. The SMILES string of the molecule is Cc1cc(N2CCOCC2)n2nccc2n1. The van der Waals surface area contributed by atoms with Crippen molar-refractivity contribution in [2.45, 2.75) is 6.92 Å². The van der Waals surface area contributed by atoms with Gasteiger partial charge in [0.15, 0.2) is 5.65 Å². The van der Waals surface area contributed by atoms with E-state index in [0.717, 1.165) is 43.5 Å². The molecule has 3 heterocycles. The van der Waals surface area contributed by atoms with Crippen LogP contribution in [0.5, 0.6) is 0 Å². The van der Waals surface area contributed by atoms with E-state index < -0.39 is 0 Å². The molecular formula is C11H14N4O. The molecule has 0 saturated carbocycles. The van der Waals surface area contributed by atoms with Crippen molar-refractivity contribution in [2.24, 2.45) is 0 Å². The van der Waals surface area contributed by atoms with Crippen LogP contribution in [0.1, 0.15) is 5.69 Å². The topological polar surface area (TPSA) is 42.7 Å². The molecule has 0 bridgehead atoms. The molecule has 1 aliphatic heterocycles. The second kappa shape index (κ2) is 3.75. The van der Waals surface area contributed by atoms with Gasteiger partial charge in [-0.2, -0.15) is 9.61 Å². The molecule has 0 radical (unpaired) electrons. The quantitative estimate of drug-likeness (QED) is 0.712.